The van der Waals surface area contributed by atoms with Crippen molar-refractivity contribution in [1.82, 2.24) is 9.97 Å². The van der Waals surface area contributed by atoms with Crippen LogP contribution in [0.15, 0.2) is 29.4 Å². The van der Waals surface area contributed by atoms with Crippen LogP contribution in [0.5, 0.6) is 0 Å². The maximum atomic E-state index is 12.3. The zero-order valence-electron chi connectivity index (χ0n) is 11.2. The van der Waals surface area contributed by atoms with Gasteiger partial charge in [0, 0.05) is 25.5 Å². The number of aryl methyl sites for hydroxylation is 1. The van der Waals surface area contributed by atoms with E-state index in [-0.39, 0.29) is 22.2 Å². The SMILES string of the molecule is CNc1cc(C)c(S(=O)(=O)Nc2ncc[nH]2)cc1[N+](=O)[O-]. The van der Waals surface area contributed by atoms with Crippen LogP contribution in [-0.4, -0.2) is 30.4 Å². The molecule has 2 rings (SSSR count). The van der Waals surface area contributed by atoms with Crippen LogP contribution in [0, 0.1) is 17.0 Å². The Balaban J connectivity index is 2.52. The van der Waals surface area contributed by atoms with Crippen molar-refractivity contribution >= 4 is 27.3 Å². The van der Waals surface area contributed by atoms with Gasteiger partial charge in [-0.15, -0.1) is 0 Å². The molecule has 0 aliphatic carbocycles. The Morgan fingerprint density at radius 2 is 2.10 bits per heavy atom. The molecule has 0 fully saturated rings. The van der Waals surface area contributed by atoms with Gasteiger partial charge in [-0.2, -0.15) is 0 Å². The second-order valence-corrected chi connectivity index (χ2v) is 5.84. The Morgan fingerprint density at radius 1 is 1.38 bits per heavy atom. The van der Waals surface area contributed by atoms with Crippen molar-refractivity contribution in [3.63, 3.8) is 0 Å². The largest absolute Gasteiger partial charge is 0.383 e. The summed E-state index contributed by atoms with van der Waals surface area (Å²) < 4.78 is 26.8. The van der Waals surface area contributed by atoms with Crippen molar-refractivity contribution in [1.29, 1.82) is 0 Å². The van der Waals surface area contributed by atoms with E-state index in [1.165, 1.54) is 25.5 Å². The normalized spacial score (nSPS) is 11.1. The summed E-state index contributed by atoms with van der Waals surface area (Å²) in [6.45, 7) is 1.56. The highest BCUT2D eigenvalue weighted by atomic mass is 32.2. The number of nitro groups is 1. The molecule has 10 heteroatoms. The van der Waals surface area contributed by atoms with Crippen LogP contribution < -0.4 is 10.0 Å². The molecule has 9 nitrogen and oxygen atoms in total. The van der Waals surface area contributed by atoms with Gasteiger partial charge >= 0.3 is 0 Å². The van der Waals surface area contributed by atoms with Crippen molar-refractivity contribution in [2.24, 2.45) is 0 Å². The molecule has 1 aromatic carbocycles. The van der Waals surface area contributed by atoms with Crippen LogP contribution in [0.2, 0.25) is 0 Å². The Hall–Kier alpha value is -2.62. The second kappa shape index (κ2) is 5.40. The number of nitrogens with zero attached hydrogens (tertiary/aromatic N) is 2. The van der Waals surface area contributed by atoms with Gasteiger partial charge in [0.1, 0.15) is 5.69 Å². The second-order valence-electron chi connectivity index (χ2n) is 4.19. The molecule has 0 saturated heterocycles. The Kier molecular flexibility index (Phi) is 3.80. The van der Waals surface area contributed by atoms with Crippen LogP contribution in [0.25, 0.3) is 0 Å². The fraction of sp³-hybridized carbons (Fsp3) is 0.182. The van der Waals surface area contributed by atoms with Gasteiger partial charge in [0.15, 0.2) is 0 Å². The number of nitrogens with one attached hydrogen (secondary N) is 3. The monoisotopic (exact) mass is 311 g/mol. The van der Waals surface area contributed by atoms with Crippen LogP contribution >= 0.6 is 0 Å². The van der Waals surface area contributed by atoms with Gasteiger partial charge in [0.25, 0.3) is 15.7 Å². The first kappa shape index (κ1) is 14.8. The Morgan fingerprint density at radius 3 is 2.62 bits per heavy atom. The summed E-state index contributed by atoms with van der Waals surface area (Å²) in [5.41, 5.74) is 0.307. The van der Waals surface area contributed by atoms with Crippen LogP contribution in [0.4, 0.5) is 17.3 Å². The third kappa shape index (κ3) is 2.94. The third-order valence-corrected chi connectivity index (χ3v) is 4.26. The van der Waals surface area contributed by atoms with Gasteiger partial charge in [0.05, 0.1) is 9.82 Å². The Labute approximate surface area is 120 Å². The van der Waals surface area contributed by atoms with Crippen LogP contribution in [-0.2, 0) is 10.0 Å². The number of hydrogen-bond acceptors (Lipinski definition) is 6. The number of aromatic amines is 1. The van der Waals surface area contributed by atoms with Crippen LogP contribution in [0.1, 0.15) is 5.56 Å². The van der Waals surface area contributed by atoms with Crippen molar-refractivity contribution in [3.05, 3.63) is 40.2 Å². The predicted octanol–water partition coefficient (Wildman–Crippen LogP) is 1.47. The van der Waals surface area contributed by atoms with Crippen molar-refractivity contribution in [3.8, 4) is 0 Å². The molecule has 0 aliphatic heterocycles. The van der Waals surface area contributed by atoms with Crippen molar-refractivity contribution in [2.45, 2.75) is 11.8 Å². The molecule has 0 radical (unpaired) electrons. The third-order valence-electron chi connectivity index (χ3n) is 2.78. The topological polar surface area (TPSA) is 130 Å². The fourth-order valence-corrected chi connectivity index (χ4v) is 3.05. The van der Waals surface area contributed by atoms with E-state index in [1.54, 1.807) is 6.92 Å². The minimum absolute atomic E-state index is 0.0368. The fourth-order valence-electron chi connectivity index (χ4n) is 1.82. The number of benzene rings is 1. The Bertz CT molecular complexity index is 770. The summed E-state index contributed by atoms with van der Waals surface area (Å²) in [4.78, 5) is 16.6. The maximum Gasteiger partial charge on any atom is 0.293 e. The first-order valence-corrected chi connectivity index (χ1v) is 7.32. The highest BCUT2D eigenvalue weighted by Gasteiger charge is 2.24. The molecule has 0 amide bonds. The molecular weight excluding hydrogens is 298 g/mol. The molecule has 112 valence electrons. The van der Waals surface area contributed by atoms with E-state index >= 15 is 0 Å². The summed E-state index contributed by atoms with van der Waals surface area (Å²) in [5.74, 6) is 0.0368. The van der Waals surface area contributed by atoms with Gasteiger partial charge < -0.3 is 10.3 Å². The van der Waals surface area contributed by atoms with Gasteiger partial charge in [0.2, 0.25) is 5.95 Å². The molecule has 0 saturated carbocycles. The molecule has 0 bridgehead atoms. The lowest BCUT2D eigenvalue weighted by molar-refractivity contribution is -0.384. The van der Waals surface area contributed by atoms with Crippen LogP contribution in [0.3, 0.4) is 0 Å². The average Bonchev–Trinajstić information content (AvgIpc) is 2.89. The number of rotatable bonds is 5. The van der Waals surface area contributed by atoms with E-state index in [0.717, 1.165) is 6.07 Å². The molecule has 0 unspecified atom stereocenters. The highest BCUT2D eigenvalue weighted by molar-refractivity contribution is 7.92. The molecule has 1 aromatic heterocycles. The first-order valence-electron chi connectivity index (χ1n) is 5.84. The quantitative estimate of drug-likeness (QED) is 0.566. The first-order chi connectivity index (χ1) is 9.85. The number of H-pyrrole nitrogens is 1. The minimum atomic E-state index is -3.97. The minimum Gasteiger partial charge on any atom is -0.383 e. The van der Waals surface area contributed by atoms with Crippen molar-refractivity contribution < 1.29 is 13.3 Å². The van der Waals surface area contributed by atoms with E-state index in [1.807, 2.05) is 0 Å². The lowest BCUT2D eigenvalue weighted by Crippen LogP contribution is -2.16. The number of imidazole rings is 1. The van der Waals surface area contributed by atoms with Gasteiger partial charge in [-0.25, -0.2) is 18.1 Å². The molecule has 0 aliphatic rings. The number of nitro benzene ring substituents is 1. The standard InChI is InChI=1S/C11H13N5O4S/c1-7-5-8(12-2)9(16(17)18)6-10(7)21(19,20)15-11-13-3-4-14-11/h3-6,12H,1-2H3,(H2,13,14,15). The summed E-state index contributed by atoms with van der Waals surface area (Å²) in [6.07, 6.45) is 2.84. The number of aromatic nitrogens is 2. The van der Waals surface area contributed by atoms with E-state index in [9.17, 15) is 18.5 Å². The summed E-state index contributed by atoms with van der Waals surface area (Å²) in [7, 11) is -2.45. The molecule has 1 heterocycles. The van der Waals surface area contributed by atoms with E-state index in [4.69, 9.17) is 0 Å². The zero-order chi connectivity index (χ0) is 15.6. The molecule has 0 spiro atoms. The van der Waals surface area contributed by atoms with Gasteiger partial charge in [-0.05, 0) is 18.6 Å². The molecule has 21 heavy (non-hydrogen) atoms. The highest BCUT2D eigenvalue weighted by Crippen LogP contribution is 2.30. The smallest absolute Gasteiger partial charge is 0.293 e. The summed E-state index contributed by atoms with van der Waals surface area (Å²) >= 11 is 0. The lowest BCUT2D eigenvalue weighted by Gasteiger charge is -2.10. The number of hydrogen-bond donors (Lipinski definition) is 3. The molecule has 3 N–H and O–H groups in total. The summed E-state index contributed by atoms with van der Waals surface area (Å²) in [6, 6.07) is 2.43. The van der Waals surface area contributed by atoms with Gasteiger partial charge in [-0.3, -0.25) is 10.1 Å². The summed E-state index contributed by atoms with van der Waals surface area (Å²) in [5, 5.41) is 13.7. The predicted molar refractivity (Wildman–Crippen MR) is 76.8 cm³/mol. The lowest BCUT2D eigenvalue weighted by atomic mass is 10.2. The van der Waals surface area contributed by atoms with Crippen molar-refractivity contribution in [2.75, 3.05) is 17.1 Å². The maximum absolute atomic E-state index is 12.3. The zero-order valence-corrected chi connectivity index (χ0v) is 12.1. The number of sulfonamides is 1. The van der Waals surface area contributed by atoms with E-state index in [0.29, 0.717) is 5.56 Å². The molecule has 0 atom stereocenters. The molecular formula is C11H13N5O4S. The van der Waals surface area contributed by atoms with Gasteiger partial charge in [-0.1, -0.05) is 0 Å². The average molecular weight is 311 g/mol. The van der Waals surface area contributed by atoms with E-state index < -0.39 is 14.9 Å². The van der Waals surface area contributed by atoms with E-state index in [2.05, 4.69) is 20.0 Å². The number of anilines is 2. The molecule has 2 aromatic rings.